The van der Waals surface area contributed by atoms with Gasteiger partial charge in [0.15, 0.2) is 11.5 Å². The first kappa shape index (κ1) is 13.5. The van der Waals surface area contributed by atoms with E-state index in [-0.39, 0.29) is 17.5 Å². The minimum atomic E-state index is -0.304. The molecule has 5 heteroatoms. The van der Waals surface area contributed by atoms with Gasteiger partial charge in [0.1, 0.15) is 5.82 Å². The highest BCUT2D eigenvalue weighted by Crippen LogP contribution is 2.27. The molecule has 1 unspecified atom stereocenters. The Kier molecular flexibility index (Phi) is 3.27. The molecular formula is C16H17N3O2. The maximum Gasteiger partial charge on any atom is 0.157 e. The first-order chi connectivity index (χ1) is 10.0. The monoisotopic (exact) mass is 283 g/mol. The van der Waals surface area contributed by atoms with Gasteiger partial charge in [0, 0.05) is 0 Å². The molecule has 5 N–H and O–H groups in total. The van der Waals surface area contributed by atoms with Gasteiger partial charge in [-0.15, -0.1) is 0 Å². The zero-order valence-corrected chi connectivity index (χ0v) is 11.7. The lowest BCUT2D eigenvalue weighted by Gasteiger charge is -2.09. The van der Waals surface area contributed by atoms with Crippen LogP contribution < -0.4 is 5.73 Å². The minimum Gasteiger partial charge on any atom is -0.504 e. The summed E-state index contributed by atoms with van der Waals surface area (Å²) in [4.78, 5) is 7.73. The van der Waals surface area contributed by atoms with E-state index < -0.39 is 0 Å². The number of nitrogens with two attached hydrogens (primary N) is 1. The van der Waals surface area contributed by atoms with Gasteiger partial charge in [0.25, 0.3) is 0 Å². The summed E-state index contributed by atoms with van der Waals surface area (Å²) < 4.78 is 0. The van der Waals surface area contributed by atoms with Gasteiger partial charge in [0.2, 0.25) is 0 Å². The van der Waals surface area contributed by atoms with Gasteiger partial charge in [-0.2, -0.15) is 0 Å². The van der Waals surface area contributed by atoms with Crippen LogP contribution in [0.5, 0.6) is 11.5 Å². The van der Waals surface area contributed by atoms with E-state index in [1.165, 1.54) is 12.1 Å². The second-order valence-corrected chi connectivity index (χ2v) is 5.28. The lowest BCUT2D eigenvalue weighted by Crippen LogP contribution is -2.14. The van der Waals surface area contributed by atoms with Crippen LogP contribution in [0.2, 0.25) is 0 Å². The number of benzene rings is 2. The maximum absolute atomic E-state index is 9.51. The molecule has 0 aliphatic heterocycles. The average Bonchev–Trinajstić information content (AvgIpc) is 2.86. The highest BCUT2D eigenvalue weighted by Gasteiger charge is 2.13. The molecule has 3 aromatic rings. The van der Waals surface area contributed by atoms with Gasteiger partial charge in [-0.25, -0.2) is 4.98 Å². The molecule has 2 aromatic carbocycles. The van der Waals surface area contributed by atoms with Crippen molar-refractivity contribution in [3.8, 4) is 11.5 Å². The van der Waals surface area contributed by atoms with Crippen LogP contribution in [-0.4, -0.2) is 20.2 Å². The van der Waals surface area contributed by atoms with Crippen LogP contribution in [-0.2, 0) is 6.42 Å². The first-order valence-electron chi connectivity index (χ1n) is 6.75. The molecule has 0 aliphatic rings. The maximum atomic E-state index is 9.51. The molecule has 21 heavy (non-hydrogen) atoms. The Balaban J connectivity index is 1.85. The number of aromatic nitrogens is 2. The number of rotatable bonds is 3. The lowest BCUT2D eigenvalue weighted by molar-refractivity contribution is 0.403. The Bertz CT molecular complexity index is 795. The number of imidazole rings is 1. The Labute approximate surface area is 122 Å². The topological polar surface area (TPSA) is 95.2 Å². The van der Waals surface area contributed by atoms with Gasteiger partial charge in [-0.1, -0.05) is 12.1 Å². The zero-order valence-electron chi connectivity index (χ0n) is 11.7. The van der Waals surface area contributed by atoms with Crippen molar-refractivity contribution >= 4 is 11.0 Å². The highest BCUT2D eigenvalue weighted by atomic mass is 16.3. The third-order valence-electron chi connectivity index (χ3n) is 3.50. The minimum absolute atomic E-state index is 0.133. The molecule has 0 saturated carbocycles. The molecule has 1 heterocycles. The molecule has 108 valence electrons. The van der Waals surface area contributed by atoms with Crippen LogP contribution in [0.3, 0.4) is 0 Å². The molecule has 0 spiro atoms. The van der Waals surface area contributed by atoms with Crippen molar-refractivity contribution in [2.24, 2.45) is 5.73 Å². The number of phenolic OH excluding ortho intramolecular Hbond substituents is 2. The van der Waals surface area contributed by atoms with E-state index >= 15 is 0 Å². The van der Waals surface area contributed by atoms with E-state index in [1.807, 2.05) is 25.1 Å². The fourth-order valence-electron chi connectivity index (χ4n) is 2.37. The molecule has 0 fully saturated rings. The van der Waals surface area contributed by atoms with Crippen molar-refractivity contribution in [1.29, 1.82) is 0 Å². The van der Waals surface area contributed by atoms with Gasteiger partial charge >= 0.3 is 0 Å². The highest BCUT2D eigenvalue weighted by molar-refractivity contribution is 5.75. The van der Waals surface area contributed by atoms with Crippen LogP contribution in [0.4, 0.5) is 0 Å². The third-order valence-corrected chi connectivity index (χ3v) is 3.50. The number of aryl methyl sites for hydroxylation is 1. The summed E-state index contributed by atoms with van der Waals surface area (Å²) in [6.45, 7) is 2.03. The van der Waals surface area contributed by atoms with Crippen LogP contribution in [0, 0.1) is 6.92 Å². The van der Waals surface area contributed by atoms with Gasteiger partial charge < -0.3 is 20.9 Å². The van der Waals surface area contributed by atoms with Crippen LogP contribution >= 0.6 is 0 Å². The van der Waals surface area contributed by atoms with Gasteiger partial charge in [-0.05, 0) is 48.7 Å². The molecule has 0 saturated heterocycles. The van der Waals surface area contributed by atoms with E-state index in [1.54, 1.807) is 6.07 Å². The quantitative estimate of drug-likeness (QED) is 0.555. The van der Waals surface area contributed by atoms with Crippen molar-refractivity contribution in [2.45, 2.75) is 19.4 Å². The van der Waals surface area contributed by atoms with Crippen molar-refractivity contribution < 1.29 is 10.2 Å². The Morgan fingerprint density at radius 1 is 1.14 bits per heavy atom. The van der Waals surface area contributed by atoms with E-state index in [0.29, 0.717) is 12.2 Å². The van der Waals surface area contributed by atoms with Crippen molar-refractivity contribution in [2.75, 3.05) is 0 Å². The second kappa shape index (κ2) is 5.10. The molecule has 0 radical (unpaired) electrons. The predicted octanol–water partition coefficient (Wildman–Crippen LogP) is 2.53. The largest absolute Gasteiger partial charge is 0.504 e. The summed E-state index contributed by atoms with van der Waals surface area (Å²) in [5.41, 5.74) is 10.0. The number of nitrogens with zero attached hydrogens (tertiary/aromatic N) is 1. The summed E-state index contributed by atoms with van der Waals surface area (Å²) in [6, 6.07) is 10.4. The van der Waals surface area contributed by atoms with Crippen LogP contribution in [0.1, 0.15) is 23.0 Å². The Morgan fingerprint density at radius 2 is 1.95 bits per heavy atom. The zero-order chi connectivity index (χ0) is 15.0. The Hall–Kier alpha value is -2.53. The smallest absolute Gasteiger partial charge is 0.157 e. The fourth-order valence-corrected chi connectivity index (χ4v) is 2.37. The molecule has 1 atom stereocenters. The van der Waals surface area contributed by atoms with Gasteiger partial charge in [-0.3, -0.25) is 0 Å². The molecular weight excluding hydrogens is 266 g/mol. The summed E-state index contributed by atoms with van der Waals surface area (Å²) in [5, 5.41) is 18.8. The number of hydrogen-bond acceptors (Lipinski definition) is 4. The third kappa shape index (κ3) is 2.68. The summed E-state index contributed by atoms with van der Waals surface area (Å²) in [7, 11) is 0. The molecule has 5 nitrogen and oxygen atoms in total. The molecule has 0 amide bonds. The molecule has 1 aromatic heterocycles. The molecule has 3 rings (SSSR count). The summed E-state index contributed by atoms with van der Waals surface area (Å²) in [5.74, 6) is 0.439. The van der Waals surface area contributed by atoms with Crippen LogP contribution in [0.25, 0.3) is 11.0 Å². The lowest BCUT2D eigenvalue weighted by atomic mass is 10.1. The predicted molar refractivity (Wildman–Crippen MR) is 81.2 cm³/mol. The van der Waals surface area contributed by atoms with Gasteiger partial charge in [0.05, 0.1) is 17.1 Å². The number of hydrogen-bond donors (Lipinski definition) is 4. The van der Waals surface area contributed by atoms with Crippen molar-refractivity contribution in [3.05, 3.63) is 53.3 Å². The number of aromatic hydroxyl groups is 2. The number of aromatic amines is 1. The number of H-pyrrole nitrogens is 1. The summed E-state index contributed by atoms with van der Waals surface area (Å²) >= 11 is 0. The van der Waals surface area contributed by atoms with E-state index in [2.05, 4.69) is 9.97 Å². The number of nitrogens with one attached hydrogen (secondary N) is 1. The molecule has 0 bridgehead atoms. The fraction of sp³-hybridized carbons (Fsp3) is 0.188. The van der Waals surface area contributed by atoms with Crippen LogP contribution in [0.15, 0.2) is 36.4 Å². The average molecular weight is 283 g/mol. The molecule has 0 aliphatic carbocycles. The standard InChI is InChI=1S/C16H17N3O2/c1-9-2-4-12-13(6-9)19-16(18-12)11(17)7-10-3-5-14(20)15(21)8-10/h2-6,8,11,20-21H,7,17H2,1H3,(H,18,19). The Morgan fingerprint density at radius 3 is 2.71 bits per heavy atom. The normalized spacial score (nSPS) is 12.7. The summed E-state index contributed by atoms with van der Waals surface area (Å²) in [6.07, 6.45) is 0.520. The SMILES string of the molecule is Cc1ccc2nc(C(N)Cc3ccc(O)c(O)c3)[nH]c2c1. The van der Waals surface area contributed by atoms with E-state index in [4.69, 9.17) is 5.73 Å². The number of phenols is 2. The van der Waals surface area contributed by atoms with E-state index in [0.717, 1.165) is 22.2 Å². The van der Waals surface area contributed by atoms with Crippen molar-refractivity contribution in [1.82, 2.24) is 9.97 Å². The number of fused-ring (bicyclic) bond motifs is 1. The van der Waals surface area contributed by atoms with Crippen molar-refractivity contribution in [3.63, 3.8) is 0 Å². The first-order valence-corrected chi connectivity index (χ1v) is 6.75. The van der Waals surface area contributed by atoms with E-state index in [9.17, 15) is 10.2 Å². The second-order valence-electron chi connectivity index (χ2n) is 5.28.